The molecule has 0 aliphatic carbocycles. The van der Waals surface area contributed by atoms with Gasteiger partial charge in [-0.25, -0.2) is 13.8 Å². The van der Waals surface area contributed by atoms with Crippen LogP contribution in [0.3, 0.4) is 0 Å². The highest BCUT2D eigenvalue weighted by Gasteiger charge is 2.30. The molecule has 1 amide bonds. The van der Waals surface area contributed by atoms with E-state index in [-0.39, 0.29) is 29.9 Å². The second-order valence-corrected chi connectivity index (χ2v) is 12.5. The largest absolute Gasteiger partial charge is 0.490 e. The van der Waals surface area contributed by atoms with E-state index in [1.165, 1.54) is 24.3 Å². The van der Waals surface area contributed by atoms with Crippen LogP contribution in [0.5, 0.6) is 5.75 Å². The minimum atomic E-state index is -0.870. The molecule has 0 unspecified atom stereocenters. The number of hydrogen-bond acceptors (Lipinski definition) is 7. The van der Waals surface area contributed by atoms with Crippen molar-refractivity contribution in [3.63, 3.8) is 0 Å². The maximum Gasteiger partial charge on any atom is 0.246 e. The third-order valence-corrected chi connectivity index (χ3v) is 9.05. The summed E-state index contributed by atoms with van der Waals surface area (Å²) >= 11 is 1.40. The molecule has 0 saturated heterocycles. The van der Waals surface area contributed by atoms with E-state index in [9.17, 15) is 14.3 Å². The first-order chi connectivity index (χ1) is 22.1. The Morgan fingerprint density at radius 2 is 2.00 bits per heavy atom. The lowest BCUT2D eigenvalue weighted by Crippen LogP contribution is -2.44. The van der Waals surface area contributed by atoms with E-state index in [0.29, 0.717) is 40.4 Å². The third-order valence-electron chi connectivity index (χ3n) is 8.12. The molecule has 0 spiro atoms. The number of aryl methyl sites for hydroxylation is 1. The number of fused-ring (bicyclic) bond motifs is 3. The molecule has 0 radical (unpaired) electrons. The Morgan fingerprint density at radius 1 is 1.17 bits per heavy atom. The van der Waals surface area contributed by atoms with Crippen molar-refractivity contribution in [2.45, 2.75) is 39.1 Å². The number of aliphatic hydroxyl groups excluding tert-OH is 1. The molecule has 0 saturated carbocycles. The summed E-state index contributed by atoms with van der Waals surface area (Å²) in [5.74, 6) is -1.88. The predicted molar refractivity (Wildman–Crippen MR) is 173 cm³/mol. The van der Waals surface area contributed by atoms with Crippen molar-refractivity contribution in [1.29, 1.82) is 0 Å². The Kier molecular flexibility index (Phi) is 7.41. The van der Waals surface area contributed by atoms with Gasteiger partial charge in [0.1, 0.15) is 35.4 Å². The molecule has 0 fully saturated rings. The SMILES string of the molecule is C=CC(=O)N1Cc2cc(-c3nc(-c4ccc5cn(C)nc5c4)c4ccsc4c3-c3c(F)cc(F)cc3OC[C@@H](C)O)nn2C[C@H]1C. The number of carbonyl (C=O) groups excluding carboxylic acids is 1. The number of aliphatic hydroxyl groups is 1. The van der Waals surface area contributed by atoms with E-state index in [2.05, 4.69) is 11.7 Å². The normalized spacial score (nSPS) is 15.3. The van der Waals surface area contributed by atoms with Crippen molar-refractivity contribution in [1.82, 2.24) is 29.4 Å². The summed E-state index contributed by atoms with van der Waals surface area (Å²) < 4.78 is 40.7. The van der Waals surface area contributed by atoms with Crippen molar-refractivity contribution in [3.8, 4) is 39.5 Å². The van der Waals surface area contributed by atoms with Gasteiger partial charge in [0.2, 0.25) is 5.91 Å². The molecular weight excluding hydrogens is 610 g/mol. The molecule has 1 N–H and O–H groups in total. The smallest absolute Gasteiger partial charge is 0.246 e. The van der Waals surface area contributed by atoms with Crippen LogP contribution in [0.15, 0.2) is 66.7 Å². The van der Waals surface area contributed by atoms with Gasteiger partial charge in [-0.1, -0.05) is 18.7 Å². The van der Waals surface area contributed by atoms with Crippen LogP contribution < -0.4 is 4.74 Å². The van der Waals surface area contributed by atoms with E-state index in [1.807, 2.05) is 60.6 Å². The number of benzene rings is 2. The number of nitrogens with zero attached hydrogens (tertiary/aromatic N) is 6. The minimum Gasteiger partial charge on any atom is -0.490 e. The molecule has 12 heteroatoms. The number of aromatic nitrogens is 5. The number of amides is 1. The van der Waals surface area contributed by atoms with Crippen LogP contribution in [0.2, 0.25) is 0 Å². The first-order valence-electron chi connectivity index (χ1n) is 14.8. The number of rotatable bonds is 7. The number of carbonyl (C=O) groups is 1. The van der Waals surface area contributed by atoms with Gasteiger partial charge in [-0.05, 0) is 43.5 Å². The van der Waals surface area contributed by atoms with Crippen LogP contribution >= 0.6 is 11.3 Å². The summed E-state index contributed by atoms with van der Waals surface area (Å²) in [5, 5.41) is 23.1. The Morgan fingerprint density at radius 3 is 2.78 bits per heavy atom. The van der Waals surface area contributed by atoms with Gasteiger partial charge in [-0.3, -0.25) is 14.2 Å². The molecule has 2 aromatic carbocycles. The fourth-order valence-corrected chi connectivity index (χ4v) is 6.96. The van der Waals surface area contributed by atoms with Crippen LogP contribution in [0, 0.1) is 11.6 Å². The summed E-state index contributed by atoms with van der Waals surface area (Å²) in [6.07, 6.45) is 2.36. The third kappa shape index (κ3) is 5.13. The fraction of sp³-hybridized carbons (Fsp3) is 0.235. The second-order valence-electron chi connectivity index (χ2n) is 11.6. The van der Waals surface area contributed by atoms with E-state index < -0.39 is 17.7 Å². The van der Waals surface area contributed by atoms with Crippen LogP contribution in [-0.2, 0) is 24.9 Å². The van der Waals surface area contributed by atoms with Gasteiger partial charge in [0.15, 0.2) is 0 Å². The summed E-state index contributed by atoms with van der Waals surface area (Å²) in [6.45, 7) is 7.70. The lowest BCUT2D eigenvalue weighted by atomic mass is 9.96. The molecule has 46 heavy (non-hydrogen) atoms. The van der Waals surface area contributed by atoms with Gasteiger partial charge in [0.25, 0.3) is 0 Å². The Labute approximate surface area is 267 Å². The highest BCUT2D eigenvalue weighted by Crippen LogP contribution is 2.47. The Hall–Kier alpha value is -4.94. The topological polar surface area (TPSA) is 98.3 Å². The zero-order valence-corrected chi connectivity index (χ0v) is 26.2. The maximum absolute atomic E-state index is 16.0. The standard InChI is InChI=1S/C34H30F2N6O3S/c1-5-29(44)41-16-23-13-27(39-42(23)14-18(41)2)33-31(30-25(36)11-22(35)12-28(30)45-17-19(3)43)34-24(8-9-46-34)32(37-33)20-6-7-21-15-40(4)38-26(21)10-20/h5-13,15,18-19,43H,1,14,16-17H2,2-4H3/t18-,19-/m1/s1. The lowest BCUT2D eigenvalue weighted by molar-refractivity contribution is -0.129. The number of pyridine rings is 1. The zero-order chi connectivity index (χ0) is 32.3. The fourth-order valence-electron chi connectivity index (χ4n) is 6.01. The van der Waals surface area contributed by atoms with E-state index in [0.717, 1.165) is 39.7 Å². The van der Waals surface area contributed by atoms with Crippen molar-refractivity contribution in [2.75, 3.05) is 6.61 Å². The highest BCUT2D eigenvalue weighted by atomic mass is 32.1. The van der Waals surface area contributed by atoms with Gasteiger partial charge < -0.3 is 14.7 Å². The van der Waals surface area contributed by atoms with Crippen LogP contribution in [0.1, 0.15) is 19.5 Å². The summed E-state index contributed by atoms with van der Waals surface area (Å²) in [7, 11) is 1.86. The van der Waals surface area contributed by atoms with E-state index in [1.54, 1.807) is 9.58 Å². The van der Waals surface area contributed by atoms with E-state index in [4.69, 9.17) is 14.8 Å². The molecule has 1 aliphatic rings. The average Bonchev–Trinajstić information content (AvgIpc) is 3.75. The van der Waals surface area contributed by atoms with Crippen LogP contribution in [0.4, 0.5) is 8.78 Å². The number of hydrogen-bond donors (Lipinski definition) is 1. The lowest BCUT2D eigenvalue weighted by Gasteiger charge is -2.33. The molecule has 0 bridgehead atoms. The van der Waals surface area contributed by atoms with Gasteiger partial charge in [0.05, 0.1) is 41.7 Å². The highest BCUT2D eigenvalue weighted by molar-refractivity contribution is 7.18. The molecule has 2 atom stereocenters. The Balaban J connectivity index is 1.50. The predicted octanol–water partition coefficient (Wildman–Crippen LogP) is 6.34. The number of thiophene rings is 1. The van der Waals surface area contributed by atoms with Crippen molar-refractivity contribution < 1.29 is 23.4 Å². The van der Waals surface area contributed by atoms with Gasteiger partial charge in [-0.2, -0.15) is 10.2 Å². The molecule has 9 nitrogen and oxygen atoms in total. The van der Waals surface area contributed by atoms with Crippen molar-refractivity contribution in [3.05, 3.63) is 84.0 Å². The molecule has 234 valence electrons. The van der Waals surface area contributed by atoms with Gasteiger partial charge in [-0.15, -0.1) is 11.3 Å². The summed E-state index contributed by atoms with van der Waals surface area (Å²) in [5.41, 5.74) is 4.30. The first kappa shape index (κ1) is 29.8. The molecule has 5 heterocycles. The maximum atomic E-state index is 16.0. The average molecular weight is 641 g/mol. The molecule has 4 aromatic heterocycles. The summed E-state index contributed by atoms with van der Waals surface area (Å²) in [6, 6.07) is 11.5. The van der Waals surface area contributed by atoms with Crippen molar-refractivity contribution >= 4 is 38.2 Å². The van der Waals surface area contributed by atoms with Gasteiger partial charge in [0, 0.05) is 58.0 Å². The molecule has 1 aliphatic heterocycles. The Bertz CT molecular complexity index is 2170. The van der Waals surface area contributed by atoms with Gasteiger partial charge >= 0.3 is 0 Å². The zero-order valence-electron chi connectivity index (χ0n) is 25.4. The van der Waals surface area contributed by atoms with E-state index >= 15 is 4.39 Å². The number of ether oxygens (including phenoxy) is 1. The number of halogens is 2. The second kappa shape index (κ2) is 11.5. The monoisotopic (exact) mass is 640 g/mol. The summed E-state index contributed by atoms with van der Waals surface area (Å²) in [4.78, 5) is 19.5. The molecular formula is C34H30F2N6O3S. The minimum absolute atomic E-state index is 0.0199. The van der Waals surface area contributed by atoms with Crippen LogP contribution in [-0.4, -0.2) is 59.2 Å². The molecule has 7 rings (SSSR count). The van der Waals surface area contributed by atoms with Crippen molar-refractivity contribution in [2.24, 2.45) is 7.05 Å². The quantitative estimate of drug-likeness (QED) is 0.205. The van der Waals surface area contributed by atoms with Crippen LogP contribution in [0.25, 0.3) is 54.8 Å². The molecule has 6 aromatic rings. The first-order valence-corrected chi connectivity index (χ1v) is 15.6.